The van der Waals surface area contributed by atoms with Crippen molar-refractivity contribution in [3.63, 3.8) is 0 Å². The Labute approximate surface area is 103 Å². The molecule has 0 saturated heterocycles. The fraction of sp³-hybridized carbons (Fsp3) is 0.500. The van der Waals surface area contributed by atoms with Crippen molar-refractivity contribution in [2.45, 2.75) is 32.7 Å². The van der Waals surface area contributed by atoms with Crippen LogP contribution in [0.15, 0.2) is 0 Å². The van der Waals surface area contributed by atoms with E-state index in [1.165, 1.54) is 0 Å². The maximum atomic E-state index is 13.5. The van der Waals surface area contributed by atoms with Crippen LogP contribution in [0, 0.1) is 23.3 Å². The molecule has 0 heterocycles. The van der Waals surface area contributed by atoms with Gasteiger partial charge < -0.3 is 11.1 Å². The molecule has 1 aromatic carbocycles. The molecule has 1 aromatic rings. The van der Waals surface area contributed by atoms with E-state index >= 15 is 0 Å². The van der Waals surface area contributed by atoms with Crippen LogP contribution >= 0.6 is 0 Å². The highest BCUT2D eigenvalue weighted by molar-refractivity contribution is 5.49. The Hall–Kier alpha value is -1.30. The number of hydrogen-bond donors (Lipinski definition) is 2. The lowest BCUT2D eigenvalue weighted by Crippen LogP contribution is -2.13. The number of hydrogen-bond acceptors (Lipinski definition) is 2. The highest BCUT2D eigenvalue weighted by atomic mass is 19.2. The first kappa shape index (κ1) is 14.8. The van der Waals surface area contributed by atoms with Crippen LogP contribution in [0.3, 0.4) is 0 Å². The van der Waals surface area contributed by atoms with Gasteiger partial charge in [0, 0.05) is 18.7 Å². The van der Waals surface area contributed by atoms with Gasteiger partial charge in [-0.2, -0.15) is 0 Å². The van der Waals surface area contributed by atoms with Crippen molar-refractivity contribution in [3.05, 3.63) is 28.8 Å². The summed E-state index contributed by atoms with van der Waals surface area (Å²) in [6.07, 6.45) is 2.46. The van der Waals surface area contributed by atoms with Crippen molar-refractivity contribution in [2.24, 2.45) is 5.73 Å². The maximum Gasteiger partial charge on any atom is 0.185 e. The van der Waals surface area contributed by atoms with Crippen molar-refractivity contribution < 1.29 is 17.6 Å². The molecule has 0 saturated carbocycles. The number of halogens is 4. The molecule has 0 amide bonds. The predicted molar refractivity (Wildman–Crippen MR) is 62.2 cm³/mol. The normalized spacial score (nSPS) is 10.8. The van der Waals surface area contributed by atoms with E-state index in [-0.39, 0.29) is 6.54 Å². The van der Waals surface area contributed by atoms with Crippen LogP contribution < -0.4 is 11.1 Å². The predicted octanol–water partition coefficient (Wildman–Crippen LogP) is 3.30. The van der Waals surface area contributed by atoms with Gasteiger partial charge in [-0.1, -0.05) is 19.8 Å². The fourth-order valence-electron chi connectivity index (χ4n) is 1.60. The quantitative estimate of drug-likeness (QED) is 0.470. The molecule has 0 unspecified atom stereocenters. The van der Waals surface area contributed by atoms with E-state index in [9.17, 15) is 17.6 Å². The first-order valence-electron chi connectivity index (χ1n) is 5.83. The van der Waals surface area contributed by atoms with Crippen molar-refractivity contribution in [3.8, 4) is 0 Å². The topological polar surface area (TPSA) is 38.0 Å². The average Bonchev–Trinajstić information content (AvgIpc) is 2.36. The van der Waals surface area contributed by atoms with Gasteiger partial charge in [0.25, 0.3) is 0 Å². The van der Waals surface area contributed by atoms with Gasteiger partial charge in [-0.25, -0.2) is 17.6 Å². The number of nitrogens with two attached hydrogens (primary N) is 1. The molecule has 0 atom stereocenters. The molecule has 3 N–H and O–H groups in total. The molecule has 0 fully saturated rings. The Morgan fingerprint density at radius 1 is 0.944 bits per heavy atom. The zero-order chi connectivity index (χ0) is 13.7. The van der Waals surface area contributed by atoms with Gasteiger partial charge in [0.05, 0.1) is 0 Å². The molecule has 2 nitrogen and oxygen atoms in total. The molecule has 0 radical (unpaired) electrons. The smallest absolute Gasteiger partial charge is 0.185 e. The highest BCUT2D eigenvalue weighted by Crippen LogP contribution is 2.27. The minimum atomic E-state index is -1.44. The third-order valence-corrected chi connectivity index (χ3v) is 2.64. The number of nitrogens with one attached hydrogen (secondary N) is 1. The summed E-state index contributed by atoms with van der Waals surface area (Å²) in [5.41, 5.74) is 3.51. The standard InChI is InChI=1S/C12H16F4N2/c1-2-3-4-5-18-12-10(15)8(13)7(6-17)9(14)11(12)16/h18H,2-6,17H2,1H3. The van der Waals surface area contributed by atoms with E-state index in [0.29, 0.717) is 6.42 Å². The van der Waals surface area contributed by atoms with Gasteiger partial charge in [-0.15, -0.1) is 0 Å². The van der Waals surface area contributed by atoms with E-state index < -0.39 is 41.1 Å². The van der Waals surface area contributed by atoms with Gasteiger partial charge in [0.15, 0.2) is 23.3 Å². The Bertz CT molecular complexity index is 392. The molecule has 0 bridgehead atoms. The number of rotatable bonds is 6. The van der Waals surface area contributed by atoms with Gasteiger partial charge >= 0.3 is 0 Å². The summed E-state index contributed by atoms with van der Waals surface area (Å²) in [5, 5.41) is 2.38. The van der Waals surface area contributed by atoms with E-state index in [4.69, 9.17) is 5.73 Å². The largest absolute Gasteiger partial charge is 0.380 e. The summed E-state index contributed by atoms with van der Waals surface area (Å²) in [7, 11) is 0. The Morgan fingerprint density at radius 2 is 1.50 bits per heavy atom. The van der Waals surface area contributed by atoms with Crippen LogP contribution in [-0.2, 0) is 6.54 Å². The number of anilines is 1. The summed E-state index contributed by atoms with van der Waals surface area (Å²) >= 11 is 0. The molecule has 1 rings (SSSR count). The minimum Gasteiger partial charge on any atom is -0.380 e. The van der Waals surface area contributed by atoms with Gasteiger partial charge in [-0.05, 0) is 6.42 Å². The van der Waals surface area contributed by atoms with E-state index in [2.05, 4.69) is 5.32 Å². The van der Waals surface area contributed by atoms with Crippen molar-refractivity contribution in [1.82, 2.24) is 0 Å². The van der Waals surface area contributed by atoms with E-state index in [1.54, 1.807) is 0 Å². The minimum absolute atomic E-state index is 0.253. The Morgan fingerprint density at radius 3 is 1.94 bits per heavy atom. The first-order chi connectivity index (χ1) is 8.54. The van der Waals surface area contributed by atoms with Crippen molar-refractivity contribution in [2.75, 3.05) is 11.9 Å². The SMILES string of the molecule is CCCCCNc1c(F)c(F)c(CN)c(F)c1F. The molecule has 0 spiro atoms. The molecular formula is C12H16F4N2. The molecule has 0 aliphatic carbocycles. The third-order valence-electron chi connectivity index (χ3n) is 2.64. The van der Waals surface area contributed by atoms with E-state index in [0.717, 1.165) is 12.8 Å². The van der Waals surface area contributed by atoms with Crippen LogP contribution in [0.2, 0.25) is 0 Å². The highest BCUT2D eigenvalue weighted by Gasteiger charge is 2.24. The second-order valence-electron chi connectivity index (χ2n) is 3.95. The maximum absolute atomic E-state index is 13.5. The lowest BCUT2D eigenvalue weighted by Gasteiger charge is -2.12. The molecule has 102 valence electrons. The first-order valence-corrected chi connectivity index (χ1v) is 5.83. The van der Waals surface area contributed by atoms with Crippen molar-refractivity contribution >= 4 is 5.69 Å². The number of unbranched alkanes of at least 4 members (excludes halogenated alkanes) is 2. The Balaban J connectivity index is 2.98. The molecule has 0 aromatic heterocycles. The van der Waals surface area contributed by atoms with Crippen LogP contribution in [-0.4, -0.2) is 6.54 Å². The summed E-state index contributed by atoms with van der Waals surface area (Å²) in [6.45, 7) is 1.63. The second kappa shape index (κ2) is 6.58. The van der Waals surface area contributed by atoms with Gasteiger partial charge in [0.2, 0.25) is 0 Å². The van der Waals surface area contributed by atoms with Crippen molar-refractivity contribution in [1.29, 1.82) is 0 Å². The monoisotopic (exact) mass is 264 g/mol. The summed E-state index contributed by atoms with van der Waals surface area (Å²) in [4.78, 5) is 0. The molecule has 0 aliphatic heterocycles. The third kappa shape index (κ3) is 2.93. The molecule has 6 heteroatoms. The van der Waals surface area contributed by atoms with Crippen LogP contribution in [0.25, 0.3) is 0 Å². The molecule has 0 aliphatic rings. The number of benzene rings is 1. The van der Waals surface area contributed by atoms with Crippen LogP contribution in [0.4, 0.5) is 23.2 Å². The second-order valence-corrected chi connectivity index (χ2v) is 3.95. The lowest BCUT2D eigenvalue weighted by molar-refractivity contribution is 0.443. The summed E-state index contributed by atoms with van der Waals surface area (Å²) in [5.74, 6) is -5.72. The zero-order valence-electron chi connectivity index (χ0n) is 10.1. The molecule has 18 heavy (non-hydrogen) atoms. The molecular weight excluding hydrogens is 248 g/mol. The lowest BCUT2D eigenvalue weighted by atomic mass is 10.1. The van der Waals surface area contributed by atoms with Gasteiger partial charge in [-0.3, -0.25) is 0 Å². The summed E-state index contributed by atoms with van der Waals surface area (Å²) in [6, 6.07) is 0. The van der Waals surface area contributed by atoms with E-state index in [1.807, 2.05) is 6.92 Å². The average molecular weight is 264 g/mol. The van der Waals surface area contributed by atoms with Crippen LogP contribution in [0.5, 0.6) is 0 Å². The van der Waals surface area contributed by atoms with Gasteiger partial charge in [0.1, 0.15) is 5.69 Å². The van der Waals surface area contributed by atoms with Crippen LogP contribution in [0.1, 0.15) is 31.7 Å². The summed E-state index contributed by atoms with van der Waals surface area (Å²) < 4.78 is 53.8. The zero-order valence-corrected chi connectivity index (χ0v) is 10.1. The Kier molecular flexibility index (Phi) is 5.40. The fourth-order valence-corrected chi connectivity index (χ4v) is 1.60.